The van der Waals surface area contributed by atoms with Gasteiger partial charge in [0.25, 0.3) is 0 Å². The van der Waals surface area contributed by atoms with Gasteiger partial charge in [0, 0.05) is 11.6 Å². The maximum Gasteiger partial charge on any atom is 0.387 e. The third-order valence-electron chi connectivity index (χ3n) is 2.13. The first-order valence-corrected chi connectivity index (χ1v) is 4.94. The highest BCUT2D eigenvalue weighted by molar-refractivity contribution is 5.85. The summed E-state index contributed by atoms with van der Waals surface area (Å²) in [5, 5.41) is 0. The molecule has 2 N–H and O–H groups in total. The van der Waals surface area contributed by atoms with Crippen LogP contribution in [0.25, 0.3) is 0 Å². The van der Waals surface area contributed by atoms with E-state index in [1.807, 2.05) is 6.92 Å². The lowest BCUT2D eigenvalue weighted by atomic mass is 10.0. The number of halogens is 3. The number of hydrogen-bond donors (Lipinski definition) is 1. The van der Waals surface area contributed by atoms with Gasteiger partial charge in [-0.15, -0.1) is 12.4 Å². The maximum atomic E-state index is 12.1. The van der Waals surface area contributed by atoms with Crippen LogP contribution in [0, 0.1) is 0 Å². The molecule has 0 saturated carbocycles. The lowest BCUT2D eigenvalue weighted by Crippen LogP contribution is -2.13. The minimum Gasteiger partial charge on any atom is -0.434 e. The Balaban J connectivity index is 0.00000225. The predicted octanol–water partition coefficient (Wildman–Crippen LogP) is 3.51. The van der Waals surface area contributed by atoms with E-state index >= 15 is 0 Å². The number of benzene rings is 1. The molecule has 0 aliphatic carbocycles. The lowest BCUT2D eigenvalue weighted by molar-refractivity contribution is -0.0506. The molecular formula is C11H16ClF2NO. The van der Waals surface area contributed by atoms with E-state index in [9.17, 15) is 8.78 Å². The molecule has 1 atom stereocenters. The average Bonchev–Trinajstić information content (AvgIpc) is 2.18. The van der Waals surface area contributed by atoms with Crippen molar-refractivity contribution in [2.75, 3.05) is 0 Å². The van der Waals surface area contributed by atoms with E-state index in [0.717, 1.165) is 12.8 Å². The molecule has 0 bridgehead atoms. The first-order chi connectivity index (χ1) is 7.15. The fraction of sp³-hybridized carbons (Fsp3) is 0.455. The number of alkyl halides is 2. The van der Waals surface area contributed by atoms with Gasteiger partial charge in [0.2, 0.25) is 0 Å². The van der Waals surface area contributed by atoms with E-state index in [4.69, 9.17) is 5.73 Å². The monoisotopic (exact) mass is 251 g/mol. The Morgan fingerprint density at radius 1 is 1.31 bits per heavy atom. The van der Waals surface area contributed by atoms with Crippen molar-refractivity contribution in [3.05, 3.63) is 29.8 Å². The van der Waals surface area contributed by atoms with Gasteiger partial charge in [-0.1, -0.05) is 31.5 Å². The summed E-state index contributed by atoms with van der Waals surface area (Å²) in [5.41, 5.74) is 6.50. The van der Waals surface area contributed by atoms with E-state index in [1.54, 1.807) is 18.2 Å². The van der Waals surface area contributed by atoms with Gasteiger partial charge in [-0.2, -0.15) is 8.78 Å². The van der Waals surface area contributed by atoms with Crippen LogP contribution in [-0.4, -0.2) is 6.61 Å². The molecule has 1 rings (SSSR count). The Morgan fingerprint density at radius 2 is 1.94 bits per heavy atom. The third kappa shape index (κ3) is 4.33. The molecule has 1 aromatic carbocycles. The molecule has 16 heavy (non-hydrogen) atoms. The van der Waals surface area contributed by atoms with Crippen LogP contribution >= 0.6 is 12.4 Å². The Labute approximate surface area is 100 Å². The molecule has 5 heteroatoms. The van der Waals surface area contributed by atoms with E-state index in [-0.39, 0.29) is 24.2 Å². The Morgan fingerprint density at radius 3 is 2.50 bits per heavy atom. The van der Waals surface area contributed by atoms with Gasteiger partial charge in [-0.3, -0.25) is 0 Å². The van der Waals surface area contributed by atoms with E-state index in [1.165, 1.54) is 6.07 Å². The molecule has 0 saturated heterocycles. The van der Waals surface area contributed by atoms with Gasteiger partial charge in [0.15, 0.2) is 0 Å². The highest BCUT2D eigenvalue weighted by atomic mass is 35.5. The highest BCUT2D eigenvalue weighted by Crippen LogP contribution is 2.27. The minimum atomic E-state index is -2.81. The van der Waals surface area contributed by atoms with Crippen molar-refractivity contribution in [2.45, 2.75) is 32.4 Å². The summed E-state index contributed by atoms with van der Waals surface area (Å²) in [6.45, 7) is -0.809. The Kier molecular flexibility index (Phi) is 7.01. The van der Waals surface area contributed by atoms with E-state index in [0.29, 0.717) is 5.56 Å². The summed E-state index contributed by atoms with van der Waals surface area (Å²) >= 11 is 0. The summed E-state index contributed by atoms with van der Waals surface area (Å²) in [4.78, 5) is 0. The molecule has 2 nitrogen and oxygen atoms in total. The molecule has 0 aliphatic rings. The van der Waals surface area contributed by atoms with Crippen molar-refractivity contribution in [3.8, 4) is 5.75 Å². The normalized spacial score (nSPS) is 12.1. The summed E-state index contributed by atoms with van der Waals surface area (Å²) in [6.07, 6.45) is 1.66. The number of para-hydroxylation sites is 1. The van der Waals surface area contributed by atoms with Crippen LogP contribution < -0.4 is 10.5 Å². The van der Waals surface area contributed by atoms with Crippen molar-refractivity contribution >= 4 is 12.4 Å². The lowest BCUT2D eigenvalue weighted by Gasteiger charge is -2.15. The first kappa shape index (κ1) is 15.1. The van der Waals surface area contributed by atoms with Gasteiger partial charge in [0.1, 0.15) is 5.75 Å². The average molecular weight is 252 g/mol. The summed E-state index contributed by atoms with van der Waals surface area (Å²) in [6, 6.07) is 6.41. The van der Waals surface area contributed by atoms with Gasteiger partial charge >= 0.3 is 6.61 Å². The SMILES string of the molecule is CCC[C@@H](N)c1ccccc1OC(F)F.Cl. The molecule has 0 aromatic heterocycles. The largest absolute Gasteiger partial charge is 0.434 e. The Hall–Kier alpha value is -0.870. The predicted molar refractivity (Wildman–Crippen MR) is 62.2 cm³/mol. The Bertz CT molecular complexity index is 310. The van der Waals surface area contributed by atoms with Gasteiger partial charge in [-0.05, 0) is 12.5 Å². The number of hydrogen-bond acceptors (Lipinski definition) is 2. The van der Waals surface area contributed by atoms with E-state index < -0.39 is 6.61 Å². The van der Waals surface area contributed by atoms with Crippen LogP contribution in [0.2, 0.25) is 0 Å². The van der Waals surface area contributed by atoms with Crippen LogP contribution in [0.1, 0.15) is 31.4 Å². The standard InChI is InChI=1S/C11H15F2NO.ClH/c1-2-5-9(14)8-6-3-4-7-10(8)15-11(12)13;/h3-4,6-7,9,11H,2,5,14H2,1H3;1H/t9-;/m1./s1. The van der Waals surface area contributed by atoms with Gasteiger partial charge in [-0.25, -0.2) is 0 Å². The molecule has 0 unspecified atom stereocenters. The van der Waals surface area contributed by atoms with Crippen molar-refractivity contribution < 1.29 is 13.5 Å². The molecule has 0 aliphatic heterocycles. The second kappa shape index (κ2) is 7.41. The van der Waals surface area contributed by atoms with Gasteiger partial charge in [0.05, 0.1) is 0 Å². The zero-order valence-corrected chi connectivity index (χ0v) is 9.84. The maximum absolute atomic E-state index is 12.1. The minimum absolute atomic E-state index is 0. The fourth-order valence-electron chi connectivity index (χ4n) is 1.46. The molecule has 1 aromatic rings. The molecule has 0 heterocycles. The second-order valence-electron chi connectivity index (χ2n) is 3.31. The van der Waals surface area contributed by atoms with Crippen molar-refractivity contribution in [2.24, 2.45) is 5.73 Å². The van der Waals surface area contributed by atoms with Crippen molar-refractivity contribution in [1.29, 1.82) is 0 Å². The third-order valence-corrected chi connectivity index (χ3v) is 2.13. The van der Waals surface area contributed by atoms with Crippen molar-refractivity contribution in [3.63, 3.8) is 0 Å². The number of nitrogens with two attached hydrogens (primary N) is 1. The first-order valence-electron chi connectivity index (χ1n) is 4.94. The second-order valence-corrected chi connectivity index (χ2v) is 3.31. The molecule has 0 amide bonds. The molecular weight excluding hydrogens is 236 g/mol. The zero-order chi connectivity index (χ0) is 11.3. The number of ether oxygens (including phenoxy) is 1. The topological polar surface area (TPSA) is 35.2 Å². The van der Waals surface area contributed by atoms with Crippen LogP contribution in [0.5, 0.6) is 5.75 Å². The number of rotatable bonds is 5. The van der Waals surface area contributed by atoms with Crippen LogP contribution in [0.3, 0.4) is 0 Å². The quantitative estimate of drug-likeness (QED) is 0.869. The smallest absolute Gasteiger partial charge is 0.387 e. The van der Waals surface area contributed by atoms with Crippen molar-refractivity contribution in [1.82, 2.24) is 0 Å². The molecule has 0 spiro atoms. The highest BCUT2D eigenvalue weighted by Gasteiger charge is 2.13. The van der Waals surface area contributed by atoms with Crippen LogP contribution in [0.4, 0.5) is 8.78 Å². The molecule has 92 valence electrons. The van der Waals surface area contributed by atoms with E-state index in [2.05, 4.69) is 4.74 Å². The summed E-state index contributed by atoms with van der Waals surface area (Å²) < 4.78 is 28.6. The van der Waals surface area contributed by atoms with Gasteiger partial charge < -0.3 is 10.5 Å². The molecule has 0 radical (unpaired) electrons. The van der Waals surface area contributed by atoms with Crippen LogP contribution in [0.15, 0.2) is 24.3 Å². The summed E-state index contributed by atoms with van der Waals surface area (Å²) in [5.74, 6) is 0.174. The fourth-order valence-corrected chi connectivity index (χ4v) is 1.46. The zero-order valence-electron chi connectivity index (χ0n) is 9.03. The van der Waals surface area contributed by atoms with Crippen LogP contribution in [-0.2, 0) is 0 Å². The summed E-state index contributed by atoms with van der Waals surface area (Å²) in [7, 11) is 0. The molecule has 0 fully saturated rings.